The van der Waals surface area contributed by atoms with Gasteiger partial charge in [0.1, 0.15) is 0 Å². The second kappa shape index (κ2) is 11.1. The van der Waals surface area contributed by atoms with Crippen LogP contribution in [0, 0.1) is 0 Å². The third-order valence-electron chi connectivity index (χ3n) is 6.26. The van der Waals surface area contributed by atoms with Crippen molar-refractivity contribution in [3.63, 3.8) is 0 Å². The molecular formula is C31H22ClN3O6. The lowest BCUT2D eigenvalue weighted by Gasteiger charge is -2.12. The average Bonchev–Trinajstić information content (AvgIpc) is 3.46. The monoisotopic (exact) mass is 567 g/mol. The Bertz CT molecular complexity index is 1870. The van der Waals surface area contributed by atoms with E-state index in [1.807, 2.05) is 13.0 Å². The van der Waals surface area contributed by atoms with Gasteiger partial charge in [0, 0.05) is 10.6 Å². The van der Waals surface area contributed by atoms with Crippen LogP contribution >= 0.6 is 11.6 Å². The lowest BCUT2D eigenvalue weighted by Crippen LogP contribution is -2.20. The van der Waals surface area contributed by atoms with E-state index in [9.17, 15) is 9.59 Å². The Hall–Kier alpha value is -5.15. The van der Waals surface area contributed by atoms with Crippen LogP contribution in [0.25, 0.3) is 22.3 Å². The topological polar surface area (TPSA) is 101 Å². The fourth-order valence-corrected chi connectivity index (χ4v) is 4.41. The fourth-order valence-electron chi connectivity index (χ4n) is 4.28. The molecular weight excluding hydrogens is 546 g/mol. The molecule has 10 heteroatoms. The molecule has 41 heavy (non-hydrogen) atoms. The van der Waals surface area contributed by atoms with Crippen LogP contribution < -0.4 is 24.5 Å². The molecule has 2 heterocycles. The third kappa shape index (κ3) is 5.35. The number of halogens is 1. The van der Waals surface area contributed by atoms with Crippen molar-refractivity contribution in [2.75, 3.05) is 13.4 Å². The first-order valence-electron chi connectivity index (χ1n) is 12.7. The standard InChI is InChI=1S/C31H22ClN3O6/c1-2-38-27-15-19(7-13-26(27)41-31(37)21-10-14-25-28(16-21)40-18-39-25)17-33-35-29(20-8-11-22(32)12-9-20)34-24-6-4-3-5-23(24)30(35)36/h3-17H,2,18H2,1H3. The van der Waals surface area contributed by atoms with E-state index in [0.717, 1.165) is 0 Å². The molecule has 0 fully saturated rings. The molecule has 9 nitrogen and oxygen atoms in total. The number of rotatable bonds is 7. The summed E-state index contributed by atoms with van der Waals surface area (Å²) in [5, 5.41) is 5.49. The van der Waals surface area contributed by atoms with Gasteiger partial charge in [-0.2, -0.15) is 9.78 Å². The highest BCUT2D eigenvalue weighted by molar-refractivity contribution is 6.30. The summed E-state index contributed by atoms with van der Waals surface area (Å²) in [6.07, 6.45) is 1.52. The van der Waals surface area contributed by atoms with E-state index < -0.39 is 5.97 Å². The van der Waals surface area contributed by atoms with Crippen LogP contribution in [-0.4, -0.2) is 35.2 Å². The van der Waals surface area contributed by atoms with Gasteiger partial charge >= 0.3 is 5.97 Å². The van der Waals surface area contributed by atoms with Gasteiger partial charge in [-0.1, -0.05) is 23.7 Å². The molecule has 1 aliphatic rings. The highest BCUT2D eigenvalue weighted by Gasteiger charge is 2.19. The zero-order valence-electron chi connectivity index (χ0n) is 21.7. The summed E-state index contributed by atoms with van der Waals surface area (Å²) in [6.45, 7) is 2.26. The molecule has 0 atom stereocenters. The van der Waals surface area contributed by atoms with Crippen LogP contribution in [0.2, 0.25) is 5.02 Å². The van der Waals surface area contributed by atoms with Crippen molar-refractivity contribution < 1.29 is 23.7 Å². The van der Waals surface area contributed by atoms with Gasteiger partial charge in [-0.3, -0.25) is 4.79 Å². The van der Waals surface area contributed by atoms with Crippen molar-refractivity contribution in [2.24, 2.45) is 5.10 Å². The van der Waals surface area contributed by atoms with E-state index in [1.165, 1.54) is 10.9 Å². The molecule has 0 saturated heterocycles. The number of fused-ring (bicyclic) bond motifs is 2. The second-order valence-electron chi connectivity index (χ2n) is 8.92. The number of carbonyl (C=O) groups excluding carboxylic acids is 1. The quantitative estimate of drug-likeness (QED) is 0.136. The molecule has 1 aliphatic heterocycles. The minimum absolute atomic E-state index is 0.105. The molecule has 6 rings (SSSR count). The van der Waals surface area contributed by atoms with E-state index in [2.05, 4.69) is 5.10 Å². The third-order valence-corrected chi connectivity index (χ3v) is 6.51. The van der Waals surface area contributed by atoms with E-state index in [1.54, 1.807) is 78.9 Å². The predicted octanol–water partition coefficient (Wildman–Crippen LogP) is 5.95. The lowest BCUT2D eigenvalue weighted by atomic mass is 10.2. The molecule has 0 aliphatic carbocycles. The molecule has 1 aromatic heterocycles. The van der Waals surface area contributed by atoms with Crippen LogP contribution in [0.4, 0.5) is 0 Å². The number of carbonyl (C=O) groups is 1. The van der Waals surface area contributed by atoms with Gasteiger partial charge in [-0.25, -0.2) is 9.78 Å². The Kier molecular flexibility index (Phi) is 7.09. The van der Waals surface area contributed by atoms with Gasteiger partial charge in [0.2, 0.25) is 6.79 Å². The maximum absolute atomic E-state index is 13.4. The zero-order valence-corrected chi connectivity index (χ0v) is 22.5. The van der Waals surface area contributed by atoms with Crippen molar-refractivity contribution in [3.05, 3.63) is 111 Å². The minimum atomic E-state index is -0.577. The average molecular weight is 568 g/mol. The molecule has 0 unspecified atom stereocenters. The summed E-state index contributed by atoms with van der Waals surface area (Å²) in [5.74, 6) is 1.41. The number of para-hydroxylation sites is 1. The number of hydrogen-bond donors (Lipinski definition) is 0. The highest BCUT2D eigenvalue weighted by Crippen LogP contribution is 2.34. The van der Waals surface area contributed by atoms with Crippen LogP contribution in [0.1, 0.15) is 22.8 Å². The molecule has 5 aromatic rings. The molecule has 4 aromatic carbocycles. The normalized spacial score (nSPS) is 12.1. The Morgan fingerprint density at radius 2 is 1.80 bits per heavy atom. The molecule has 0 radical (unpaired) electrons. The SMILES string of the molecule is CCOc1cc(C=Nn2c(-c3ccc(Cl)cc3)nc3ccccc3c2=O)ccc1OC(=O)c1ccc2c(c1)OCO2. The maximum Gasteiger partial charge on any atom is 0.343 e. The van der Waals surface area contributed by atoms with E-state index >= 15 is 0 Å². The molecule has 0 spiro atoms. The maximum atomic E-state index is 13.4. The molecule has 0 N–H and O–H groups in total. The number of nitrogens with zero attached hydrogens (tertiary/aromatic N) is 3. The predicted molar refractivity (Wildman–Crippen MR) is 155 cm³/mol. The van der Waals surface area contributed by atoms with Crippen LogP contribution in [0.15, 0.2) is 94.8 Å². The van der Waals surface area contributed by atoms with Crippen molar-refractivity contribution >= 4 is 34.7 Å². The molecule has 0 bridgehead atoms. The van der Waals surface area contributed by atoms with Gasteiger partial charge in [-0.15, -0.1) is 0 Å². The van der Waals surface area contributed by atoms with Crippen molar-refractivity contribution in [1.82, 2.24) is 9.66 Å². The first-order valence-corrected chi connectivity index (χ1v) is 13.1. The number of esters is 1. The van der Waals surface area contributed by atoms with Crippen molar-refractivity contribution in [3.8, 4) is 34.4 Å². The van der Waals surface area contributed by atoms with Gasteiger partial charge < -0.3 is 18.9 Å². The first-order chi connectivity index (χ1) is 20.0. The molecule has 0 saturated carbocycles. The number of hydrogen-bond acceptors (Lipinski definition) is 8. The summed E-state index contributed by atoms with van der Waals surface area (Å²) < 4.78 is 23.3. The van der Waals surface area contributed by atoms with Gasteiger partial charge in [0.05, 0.1) is 29.3 Å². The summed E-state index contributed by atoms with van der Waals surface area (Å²) in [4.78, 5) is 31.0. The van der Waals surface area contributed by atoms with E-state index in [-0.39, 0.29) is 18.1 Å². The van der Waals surface area contributed by atoms with E-state index in [0.29, 0.717) is 62.3 Å². The Labute approximate surface area is 239 Å². The number of ether oxygens (including phenoxy) is 4. The first kappa shape index (κ1) is 26.1. The minimum Gasteiger partial charge on any atom is -0.490 e. The second-order valence-corrected chi connectivity index (χ2v) is 9.35. The fraction of sp³-hybridized carbons (Fsp3) is 0.0968. The summed E-state index contributed by atoms with van der Waals surface area (Å²) in [6, 6.07) is 23.9. The van der Waals surface area contributed by atoms with Crippen LogP contribution in [-0.2, 0) is 0 Å². The van der Waals surface area contributed by atoms with Crippen LogP contribution in [0.5, 0.6) is 23.0 Å². The lowest BCUT2D eigenvalue weighted by molar-refractivity contribution is 0.0728. The van der Waals surface area contributed by atoms with Gasteiger partial charge in [-0.05, 0) is 85.3 Å². The number of aromatic nitrogens is 2. The van der Waals surface area contributed by atoms with Crippen LogP contribution in [0.3, 0.4) is 0 Å². The van der Waals surface area contributed by atoms with Gasteiger partial charge in [0.25, 0.3) is 5.56 Å². The number of benzene rings is 4. The Morgan fingerprint density at radius 3 is 2.63 bits per heavy atom. The van der Waals surface area contributed by atoms with Crippen molar-refractivity contribution in [2.45, 2.75) is 6.92 Å². The molecule has 204 valence electrons. The zero-order chi connectivity index (χ0) is 28.3. The largest absolute Gasteiger partial charge is 0.490 e. The highest BCUT2D eigenvalue weighted by atomic mass is 35.5. The summed E-state index contributed by atoms with van der Waals surface area (Å²) in [7, 11) is 0. The summed E-state index contributed by atoms with van der Waals surface area (Å²) >= 11 is 6.08. The van der Waals surface area contributed by atoms with E-state index in [4.69, 9.17) is 35.5 Å². The van der Waals surface area contributed by atoms with Gasteiger partial charge in [0.15, 0.2) is 28.8 Å². The Morgan fingerprint density at radius 1 is 1.00 bits per heavy atom. The summed E-state index contributed by atoms with van der Waals surface area (Å²) in [5.41, 5.74) is 1.83. The smallest absolute Gasteiger partial charge is 0.343 e. The van der Waals surface area contributed by atoms with Crippen molar-refractivity contribution in [1.29, 1.82) is 0 Å². The Balaban J connectivity index is 1.33. The molecule has 0 amide bonds.